The standard InChI is InChI=1S/C24H19FN6O2/c1-13-22(14(2)31(30-13)12-16-5-3-15(11-26)4-6-16)29-24(33)19-10-21(23(27)32)28-20-8-7-17(25)9-18(19)20/h3-10H,12H2,1-2H3,(H2,27,32)(H,29,33). The molecule has 0 saturated carbocycles. The van der Waals surface area contributed by atoms with Crippen LogP contribution in [0.3, 0.4) is 0 Å². The van der Waals surface area contributed by atoms with Gasteiger partial charge in [0, 0.05) is 5.39 Å². The van der Waals surface area contributed by atoms with Crippen molar-refractivity contribution in [2.24, 2.45) is 5.73 Å². The van der Waals surface area contributed by atoms with E-state index >= 15 is 0 Å². The Morgan fingerprint density at radius 1 is 1.15 bits per heavy atom. The highest BCUT2D eigenvalue weighted by molar-refractivity contribution is 6.14. The highest BCUT2D eigenvalue weighted by Gasteiger charge is 2.20. The third-order valence-electron chi connectivity index (χ3n) is 5.30. The minimum absolute atomic E-state index is 0.0759. The minimum Gasteiger partial charge on any atom is -0.364 e. The van der Waals surface area contributed by atoms with E-state index in [0.29, 0.717) is 29.2 Å². The van der Waals surface area contributed by atoms with Gasteiger partial charge in [-0.05, 0) is 55.8 Å². The molecule has 9 heteroatoms. The zero-order valence-corrected chi connectivity index (χ0v) is 17.9. The van der Waals surface area contributed by atoms with Crippen molar-refractivity contribution in [1.82, 2.24) is 14.8 Å². The van der Waals surface area contributed by atoms with Gasteiger partial charge in [0.25, 0.3) is 11.8 Å². The topological polar surface area (TPSA) is 127 Å². The second kappa shape index (κ2) is 8.51. The van der Waals surface area contributed by atoms with Gasteiger partial charge in [-0.2, -0.15) is 10.4 Å². The molecule has 0 fully saturated rings. The Bertz CT molecular complexity index is 1450. The van der Waals surface area contributed by atoms with Gasteiger partial charge in [0.15, 0.2) is 0 Å². The second-order valence-corrected chi connectivity index (χ2v) is 7.55. The second-order valence-electron chi connectivity index (χ2n) is 7.55. The van der Waals surface area contributed by atoms with E-state index in [-0.39, 0.29) is 22.2 Å². The molecule has 0 atom stereocenters. The molecule has 33 heavy (non-hydrogen) atoms. The number of benzene rings is 2. The molecule has 0 radical (unpaired) electrons. The number of nitriles is 1. The van der Waals surface area contributed by atoms with Gasteiger partial charge < -0.3 is 11.1 Å². The summed E-state index contributed by atoms with van der Waals surface area (Å²) in [5, 5.41) is 16.5. The Morgan fingerprint density at radius 2 is 1.88 bits per heavy atom. The van der Waals surface area contributed by atoms with E-state index < -0.39 is 17.6 Å². The van der Waals surface area contributed by atoms with Crippen LogP contribution in [0.5, 0.6) is 0 Å². The molecule has 0 unspecified atom stereocenters. The van der Waals surface area contributed by atoms with Crippen LogP contribution in [0.1, 0.15) is 43.4 Å². The van der Waals surface area contributed by atoms with Crippen LogP contribution in [-0.4, -0.2) is 26.6 Å². The number of fused-ring (bicyclic) bond motifs is 1. The summed E-state index contributed by atoms with van der Waals surface area (Å²) in [7, 11) is 0. The van der Waals surface area contributed by atoms with Gasteiger partial charge in [0.05, 0.1) is 46.3 Å². The number of nitrogens with zero attached hydrogens (tertiary/aromatic N) is 4. The van der Waals surface area contributed by atoms with E-state index in [2.05, 4.69) is 21.5 Å². The number of nitrogens with one attached hydrogen (secondary N) is 1. The third-order valence-corrected chi connectivity index (χ3v) is 5.30. The summed E-state index contributed by atoms with van der Waals surface area (Å²) < 4.78 is 15.6. The predicted molar refractivity (Wildman–Crippen MR) is 120 cm³/mol. The van der Waals surface area contributed by atoms with Crippen LogP contribution in [0.2, 0.25) is 0 Å². The number of primary amides is 1. The van der Waals surface area contributed by atoms with Gasteiger partial charge in [-0.25, -0.2) is 9.37 Å². The number of rotatable bonds is 5. The van der Waals surface area contributed by atoms with E-state index in [4.69, 9.17) is 11.0 Å². The van der Waals surface area contributed by atoms with E-state index in [1.54, 1.807) is 23.7 Å². The van der Waals surface area contributed by atoms with Crippen LogP contribution in [0.4, 0.5) is 10.1 Å². The maximum atomic E-state index is 13.9. The number of carbonyl (C=O) groups is 2. The summed E-state index contributed by atoms with van der Waals surface area (Å²) in [5.41, 5.74) is 8.95. The first-order chi connectivity index (χ1) is 15.8. The quantitative estimate of drug-likeness (QED) is 0.489. The molecule has 2 amide bonds. The number of amides is 2. The van der Waals surface area contributed by atoms with Crippen molar-refractivity contribution < 1.29 is 14.0 Å². The zero-order chi connectivity index (χ0) is 23.7. The number of hydrogen-bond donors (Lipinski definition) is 2. The fourth-order valence-electron chi connectivity index (χ4n) is 3.58. The molecule has 2 aromatic carbocycles. The molecule has 0 aliphatic heterocycles. The summed E-state index contributed by atoms with van der Waals surface area (Å²) in [5.74, 6) is -1.87. The molecule has 0 aliphatic rings. The fourth-order valence-corrected chi connectivity index (χ4v) is 3.58. The zero-order valence-electron chi connectivity index (χ0n) is 17.9. The van der Waals surface area contributed by atoms with Crippen molar-refractivity contribution in [3.8, 4) is 6.07 Å². The SMILES string of the molecule is Cc1nn(Cc2ccc(C#N)cc2)c(C)c1NC(=O)c1cc(C(N)=O)nc2ccc(F)cc12. The molecule has 0 saturated heterocycles. The molecule has 2 heterocycles. The number of halogens is 1. The Labute approximate surface area is 188 Å². The van der Waals surface area contributed by atoms with E-state index in [1.165, 1.54) is 24.3 Å². The average Bonchev–Trinajstić information content (AvgIpc) is 3.06. The van der Waals surface area contributed by atoms with E-state index in [9.17, 15) is 14.0 Å². The summed E-state index contributed by atoms with van der Waals surface area (Å²) >= 11 is 0. The van der Waals surface area contributed by atoms with Crippen molar-refractivity contribution in [3.63, 3.8) is 0 Å². The van der Waals surface area contributed by atoms with Crippen LogP contribution in [0, 0.1) is 31.0 Å². The first-order valence-corrected chi connectivity index (χ1v) is 10.0. The number of carbonyl (C=O) groups excluding carboxylic acids is 2. The van der Waals surface area contributed by atoms with Gasteiger partial charge in [0.1, 0.15) is 11.5 Å². The summed E-state index contributed by atoms with van der Waals surface area (Å²) in [6.45, 7) is 4.03. The summed E-state index contributed by atoms with van der Waals surface area (Å²) in [4.78, 5) is 29.0. The summed E-state index contributed by atoms with van der Waals surface area (Å²) in [6.07, 6.45) is 0. The van der Waals surface area contributed by atoms with Gasteiger partial charge in [-0.1, -0.05) is 12.1 Å². The third kappa shape index (κ3) is 4.27. The predicted octanol–water partition coefficient (Wildman–Crippen LogP) is 3.46. The number of hydrogen-bond acceptors (Lipinski definition) is 5. The van der Waals surface area contributed by atoms with Gasteiger partial charge in [0.2, 0.25) is 0 Å². The summed E-state index contributed by atoms with van der Waals surface area (Å²) in [6, 6.07) is 14.3. The molecule has 0 spiro atoms. The Balaban J connectivity index is 1.68. The molecule has 8 nitrogen and oxygen atoms in total. The molecule has 3 N–H and O–H groups in total. The highest BCUT2D eigenvalue weighted by Crippen LogP contribution is 2.25. The van der Waals surface area contributed by atoms with Crippen molar-refractivity contribution in [2.45, 2.75) is 20.4 Å². The number of nitrogens with two attached hydrogens (primary N) is 1. The molecule has 4 aromatic rings. The molecule has 0 bridgehead atoms. The lowest BCUT2D eigenvalue weighted by Gasteiger charge is -2.10. The maximum absolute atomic E-state index is 13.9. The maximum Gasteiger partial charge on any atom is 0.267 e. The number of anilines is 1. The first kappa shape index (κ1) is 21.6. The number of pyridine rings is 1. The van der Waals surface area contributed by atoms with Crippen molar-refractivity contribution >= 4 is 28.4 Å². The van der Waals surface area contributed by atoms with Crippen LogP contribution in [0.25, 0.3) is 10.9 Å². The fraction of sp³-hybridized carbons (Fsp3) is 0.125. The number of aryl methyl sites for hydroxylation is 1. The molecule has 164 valence electrons. The van der Waals surface area contributed by atoms with Gasteiger partial charge >= 0.3 is 0 Å². The lowest BCUT2D eigenvalue weighted by molar-refractivity contribution is 0.0996. The molecular formula is C24H19FN6O2. The van der Waals surface area contributed by atoms with Crippen molar-refractivity contribution in [1.29, 1.82) is 5.26 Å². The first-order valence-electron chi connectivity index (χ1n) is 10.0. The molecule has 4 rings (SSSR count). The normalized spacial score (nSPS) is 10.7. The average molecular weight is 442 g/mol. The largest absolute Gasteiger partial charge is 0.364 e. The Hall–Kier alpha value is -4.58. The van der Waals surface area contributed by atoms with E-state index in [1.807, 2.05) is 19.1 Å². The van der Waals surface area contributed by atoms with Crippen LogP contribution >= 0.6 is 0 Å². The van der Waals surface area contributed by atoms with E-state index in [0.717, 1.165) is 5.56 Å². The van der Waals surface area contributed by atoms with Gasteiger partial charge in [-0.3, -0.25) is 14.3 Å². The van der Waals surface area contributed by atoms with Crippen LogP contribution in [-0.2, 0) is 6.54 Å². The Morgan fingerprint density at radius 3 is 2.55 bits per heavy atom. The Kier molecular flexibility index (Phi) is 5.58. The van der Waals surface area contributed by atoms with Crippen molar-refractivity contribution in [3.05, 3.63) is 88.1 Å². The monoisotopic (exact) mass is 442 g/mol. The molecule has 0 aliphatic carbocycles. The van der Waals surface area contributed by atoms with Crippen LogP contribution < -0.4 is 11.1 Å². The van der Waals surface area contributed by atoms with Crippen LogP contribution in [0.15, 0.2) is 48.5 Å². The van der Waals surface area contributed by atoms with Gasteiger partial charge in [-0.15, -0.1) is 0 Å². The lowest BCUT2D eigenvalue weighted by atomic mass is 10.1. The van der Waals surface area contributed by atoms with Crippen molar-refractivity contribution in [2.75, 3.05) is 5.32 Å². The smallest absolute Gasteiger partial charge is 0.267 e. The molecular weight excluding hydrogens is 423 g/mol. The highest BCUT2D eigenvalue weighted by atomic mass is 19.1. The lowest BCUT2D eigenvalue weighted by Crippen LogP contribution is -2.18. The number of aromatic nitrogens is 3. The minimum atomic E-state index is -0.794. The molecule has 2 aromatic heterocycles.